The number of anilines is 1. The third kappa shape index (κ3) is 3.98. The second kappa shape index (κ2) is 6.57. The average molecular weight is 236 g/mol. The molecule has 1 saturated heterocycles. The van der Waals surface area contributed by atoms with Gasteiger partial charge in [-0.15, -0.1) is 0 Å². The number of ether oxygens (including phenoxy) is 2. The summed E-state index contributed by atoms with van der Waals surface area (Å²) in [6.45, 7) is 5.28. The molecule has 0 aliphatic carbocycles. The van der Waals surface area contributed by atoms with Crippen molar-refractivity contribution in [2.45, 2.75) is 32.5 Å². The Morgan fingerprint density at radius 3 is 3.29 bits per heavy atom. The lowest BCUT2D eigenvalue weighted by Gasteiger charge is -2.10. The Kier molecular flexibility index (Phi) is 4.76. The molecule has 4 nitrogen and oxygen atoms in total. The summed E-state index contributed by atoms with van der Waals surface area (Å²) in [5, 5.41) is 3.27. The van der Waals surface area contributed by atoms with Crippen LogP contribution in [0.3, 0.4) is 0 Å². The molecule has 1 aliphatic rings. The molecule has 0 aromatic carbocycles. The van der Waals surface area contributed by atoms with Gasteiger partial charge < -0.3 is 14.8 Å². The summed E-state index contributed by atoms with van der Waals surface area (Å²) in [6, 6.07) is 4.04. The molecule has 1 unspecified atom stereocenters. The van der Waals surface area contributed by atoms with Crippen molar-refractivity contribution >= 4 is 5.82 Å². The third-order valence-electron chi connectivity index (χ3n) is 2.75. The van der Waals surface area contributed by atoms with E-state index >= 15 is 0 Å². The standard InChI is InChI=1S/C13H20N2O2/c1-2-5-14-13-8-11(3-6-15-13)9-17-12-4-7-16-10-12/h3,6,8,12H,2,4-5,7,9-10H2,1H3,(H,14,15). The molecule has 0 bridgehead atoms. The van der Waals surface area contributed by atoms with Gasteiger partial charge >= 0.3 is 0 Å². The summed E-state index contributed by atoms with van der Waals surface area (Å²) in [6.07, 6.45) is 4.19. The summed E-state index contributed by atoms with van der Waals surface area (Å²) in [7, 11) is 0. The number of hydrogen-bond donors (Lipinski definition) is 1. The van der Waals surface area contributed by atoms with Gasteiger partial charge in [-0.1, -0.05) is 6.92 Å². The van der Waals surface area contributed by atoms with Gasteiger partial charge in [0.15, 0.2) is 0 Å². The van der Waals surface area contributed by atoms with Gasteiger partial charge in [-0.3, -0.25) is 0 Å². The van der Waals surface area contributed by atoms with Crippen LogP contribution in [-0.4, -0.2) is 30.8 Å². The maximum Gasteiger partial charge on any atom is 0.126 e. The Labute approximate surface area is 102 Å². The van der Waals surface area contributed by atoms with Gasteiger partial charge in [0.1, 0.15) is 5.82 Å². The second-order valence-corrected chi connectivity index (χ2v) is 4.27. The van der Waals surface area contributed by atoms with E-state index in [-0.39, 0.29) is 6.10 Å². The van der Waals surface area contributed by atoms with Crippen molar-refractivity contribution in [3.05, 3.63) is 23.9 Å². The summed E-state index contributed by atoms with van der Waals surface area (Å²) in [5.41, 5.74) is 1.16. The minimum absolute atomic E-state index is 0.259. The predicted octanol–water partition coefficient (Wildman–Crippen LogP) is 2.21. The highest BCUT2D eigenvalue weighted by molar-refractivity contribution is 5.37. The summed E-state index contributed by atoms with van der Waals surface area (Å²) in [5.74, 6) is 0.927. The van der Waals surface area contributed by atoms with E-state index in [0.29, 0.717) is 6.61 Å². The molecule has 1 aliphatic heterocycles. The van der Waals surface area contributed by atoms with E-state index in [9.17, 15) is 0 Å². The van der Waals surface area contributed by atoms with E-state index in [2.05, 4.69) is 17.2 Å². The van der Waals surface area contributed by atoms with Crippen molar-refractivity contribution in [3.63, 3.8) is 0 Å². The van der Waals surface area contributed by atoms with Crippen LogP contribution in [0.4, 0.5) is 5.82 Å². The van der Waals surface area contributed by atoms with Gasteiger partial charge in [-0.25, -0.2) is 4.98 Å². The monoisotopic (exact) mass is 236 g/mol. The van der Waals surface area contributed by atoms with Crippen LogP contribution in [0.5, 0.6) is 0 Å². The Bertz CT molecular complexity index is 338. The van der Waals surface area contributed by atoms with Crippen LogP contribution in [0.15, 0.2) is 18.3 Å². The molecular formula is C13H20N2O2. The molecule has 2 heterocycles. The highest BCUT2D eigenvalue weighted by Gasteiger charge is 2.15. The lowest BCUT2D eigenvalue weighted by Crippen LogP contribution is -2.12. The van der Waals surface area contributed by atoms with Crippen molar-refractivity contribution in [3.8, 4) is 0 Å². The fourth-order valence-corrected chi connectivity index (χ4v) is 1.77. The van der Waals surface area contributed by atoms with Crippen LogP contribution in [0.1, 0.15) is 25.3 Å². The van der Waals surface area contributed by atoms with E-state index in [4.69, 9.17) is 9.47 Å². The molecule has 2 rings (SSSR count). The van der Waals surface area contributed by atoms with E-state index in [0.717, 1.165) is 44.0 Å². The first-order chi connectivity index (χ1) is 8.38. The van der Waals surface area contributed by atoms with Gasteiger partial charge in [-0.2, -0.15) is 0 Å². The molecule has 1 fully saturated rings. The minimum atomic E-state index is 0.259. The summed E-state index contributed by atoms with van der Waals surface area (Å²) < 4.78 is 11.0. The maximum absolute atomic E-state index is 5.77. The van der Waals surface area contributed by atoms with Crippen LogP contribution < -0.4 is 5.32 Å². The zero-order chi connectivity index (χ0) is 11.9. The molecule has 0 amide bonds. The summed E-state index contributed by atoms with van der Waals surface area (Å²) >= 11 is 0. The lowest BCUT2D eigenvalue weighted by molar-refractivity contribution is 0.0317. The normalized spacial score (nSPS) is 19.5. The minimum Gasteiger partial charge on any atom is -0.379 e. The molecule has 1 atom stereocenters. The van der Waals surface area contributed by atoms with Gasteiger partial charge in [0.25, 0.3) is 0 Å². The van der Waals surface area contributed by atoms with Crippen molar-refractivity contribution in [1.29, 1.82) is 0 Å². The fraction of sp³-hybridized carbons (Fsp3) is 0.615. The smallest absolute Gasteiger partial charge is 0.126 e. The summed E-state index contributed by atoms with van der Waals surface area (Å²) in [4.78, 5) is 4.27. The van der Waals surface area contributed by atoms with Crippen LogP contribution in [0.2, 0.25) is 0 Å². The van der Waals surface area contributed by atoms with Crippen LogP contribution >= 0.6 is 0 Å². The average Bonchev–Trinajstić information content (AvgIpc) is 2.87. The van der Waals surface area contributed by atoms with E-state index in [1.807, 2.05) is 18.3 Å². The molecule has 1 aromatic rings. The predicted molar refractivity (Wildman–Crippen MR) is 67.0 cm³/mol. The van der Waals surface area contributed by atoms with Gasteiger partial charge in [0.2, 0.25) is 0 Å². The number of rotatable bonds is 6. The van der Waals surface area contributed by atoms with Crippen molar-refractivity contribution in [1.82, 2.24) is 4.98 Å². The molecule has 0 saturated carbocycles. The van der Waals surface area contributed by atoms with Gasteiger partial charge in [0.05, 0.1) is 19.3 Å². The first kappa shape index (κ1) is 12.3. The Morgan fingerprint density at radius 2 is 2.53 bits per heavy atom. The fourth-order valence-electron chi connectivity index (χ4n) is 1.77. The van der Waals surface area contributed by atoms with E-state index in [1.54, 1.807) is 0 Å². The largest absolute Gasteiger partial charge is 0.379 e. The molecule has 4 heteroatoms. The van der Waals surface area contributed by atoms with Crippen molar-refractivity contribution < 1.29 is 9.47 Å². The Hall–Kier alpha value is -1.13. The highest BCUT2D eigenvalue weighted by atomic mass is 16.5. The first-order valence-electron chi connectivity index (χ1n) is 6.26. The number of aromatic nitrogens is 1. The van der Waals surface area contributed by atoms with Crippen LogP contribution in [-0.2, 0) is 16.1 Å². The van der Waals surface area contributed by atoms with Gasteiger partial charge in [-0.05, 0) is 30.5 Å². The van der Waals surface area contributed by atoms with Crippen molar-refractivity contribution in [2.75, 3.05) is 25.1 Å². The zero-order valence-electron chi connectivity index (χ0n) is 10.3. The number of pyridine rings is 1. The highest BCUT2D eigenvalue weighted by Crippen LogP contribution is 2.13. The molecule has 0 spiro atoms. The van der Waals surface area contributed by atoms with E-state index in [1.165, 1.54) is 0 Å². The number of nitrogens with zero attached hydrogens (tertiary/aromatic N) is 1. The topological polar surface area (TPSA) is 43.4 Å². The van der Waals surface area contributed by atoms with Crippen LogP contribution in [0.25, 0.3) is 0 Å². The number of hydrogen-bond acceptors (Lipinski definition) is 4. The molecular weight excluding hydrogens is 216 g/mol. The molecule has 1 N–H and O–H groups in total. The first-order valence-corrected chi connectivity index (χ1v) is 6.26. The maximum atomic E-state index is 5.77. The van der Waals surface area contributed by atoms with Crippen molar-refractivity contribution in [2.24, 2.45) is 0 Å². The van der Waals surface area contributed by atoms with E-state index < -0.39 is 0 Å². The van der Waals surface area contributed by atoms with Crippen LogP contribution in [0, 0.1) is 0 Å². The molecule has 1 aromatic heterocycles. The molecule has 0 radical (unpaired) electrons. The quantitative estimate of drug-likeness (QED) is 0.822. The Balaban J connectivity index is 1.82. The third-order valence-corrected chi connectivity index (χ3v) is 2.75. The second-order valence-electron chi connectivity index (χ2n) is 4.27. The number of nitrogens with one attached hydrogen (secondary N) is 1. The Morgan fingerprint density at radius 1 is 1.59 bits per heavy atom. The molecule has 17 heavy (non-hydrogen) atoms. The zero-order valence-corrected chi connectivity index (χ0v) is 10.3. The molecule has 94 valence electrons. The SMILES string of the molecule is CCCNc1cc(COC2CCOC2)ccn1. The van der Waals surface area contributed by atoms with Gasteiger partial charge in [0, 0.05) is 19.3 Å². The lowest BCUT2D eigenvalue weighted by atomic mass is 10.2.